The fourth-order valence-electron chi connectivity index (χ4n) is 5.25. The molecule has 2 heteroatoms. The standard InChI is InChI=1S/C22H32F2/c1-3-16-4-6-18(7-5-16)19-10-8-17(9-11-19)15(2)20-12-13-21(23)22(24)14-20/h12-19H,3-11H2,1-2H3/t15?,16-,17?,18-,19?. The Bertz CT molecular complexity index is 523. The second-order valence-electron chi connectivity index (χ2n) is 8.33. The molecule has 0 heterocycles. The molecule has 1 aromatic rings. The molecular weight excluding hydrogens is 302 g/mol. The summed E-state index contributed by atoms with van der Waals surface area (Å²) < 4.78 is 26.6. The van der Waals surface area contributed by atoms with Crippen molar-refractivity contribution < 1.29 is 8.78 Å². The van der Waals surface area contributed by atoms with Crippen molar-refractivity contribution in [1.29, 1.82) is 0 Å². The molecule has 0 saturated heterocycles. The lowest BCUT2D eigenvalue weighted by Gasteiger charge is -2.39. The molecular formula is C22H32F2. The van der Waals surface area contributed by atoms with Gasteiger partial charge < -0.3 is 0 Å². The second kappa shape index (κ2) is 7.97. The van der Waals surface area contributed by atoms with Crippen LogP contribution in [0, 0.1) is 35.3 Å². The Kier molecular flexibility index (Phi) is 5.94. The van der Waals surface area contributed by atoms with Crippen molar-refractivity contribution in [3.8, 4) is 0 Å². The van der Waals surface area contributed by atoms with Crippen LogP contribution in [0.25, 0.3) is 0 Å². The zero-order valence-corrected chi connectivity index (χ0v) is 15.2. The average molecular weight is 334 g/mol. The molecule has 0 aromatic heterocycles. The van der Waals surface area contributed by atoms with E-state index in [4.69, 9.17) is 0 Å². The van der Waals surface area contributed by atoms with Crippen LogP contribution in [0.15, 0.2) is 18.2 Å². The second-order valence-corrected chi connectivity index (χ2v) is 8.33. The summed E-state index contributed by atoms with van der Waals surface area (Å²) in [6.07, 6.45) is 12.3. The Hall–Kier alpha value is -0.920. The molecule has 1 unspecified atom stereocenters. The maximum Gasteiger partial charge on any atom is 0.159 e. The summed E-state index contributed by atoms with van der Waals surface area (Å²) in [5.41, 5.74) is 0.959. The van der Waals surface area contributed by atoms with Crippen LogP contribution >= 0.6 is 0 Å². The lowest BCUT2D eigenvalue weighted by molar-refractivity contribution is 0.138. The van der Waals surface area contributed by atoms with Crippen molar-refractivity contribution in [2.45, 2.75) is 77.6 Å². The molecule has 2 fully saturated rings. The highest BCUT2D eigenvalue weighted by atomic mass is 19.2. The Morgan fingerprint density at radius 2 is 1.46 bits per heavy atom. The molecule has 2 aliphatic rings. The van der Waals surface area contributed by atoms with E-state index in [1.54, 1.807) is 6.07 Å². The van der Waals surface area contributed by atoms with Crippen molar-refractivity contribution in [2.75, 3.05) is 0 Å². The summed E-state index contributed by atoms with van der Waals surface area (Å²) in [6, 6.07) is 4.44. The van der Waals surface area contributed by atoms with Crippen molar-refractivity contribution in [3.63, 3.8) is 0 Å². The monoisotopic (exact) mass is 334 g/mol. The first kappa shape index (κ1) is 17.9. The molecule has 24 heavy (non-hydrogen) atoms. The van der Waals surface area contributed by atoms with Gasteiger partial charge in [-0.2, -0.15) is 0 Å². The van der Waals surface area contributed by atoms with Crippen LogP contribution in [0.5, 0.6) is 0 Å². The van der Waals surface area contributed by atoms with Gasteiger partial charge in [0, 0.05) is 0 Å². The lowest BCUT2D eigenvalue weighted by Crippen LogP contribution is -2.27. The predicted octanol–water partition coefficient (Wildman–Crippen LogP) is 7.09. The summed E-state index contributed by atoms with van der Waals surface area (Å²) in [6.45, 7) is 4.51. The van der Waals surface area contributed by atoms with Gasteiger partial charge in [0.15, 0.2) is 11.6 Å². The number of hydrogen-bond acceptors (Lipinski definition) is 0. The molecule has 0 spiro atoms. The zero-order chi connectivity index (χ0) is 17.1. The minimum absolute atomic E-state index is 0.330. The third-order valence-electron chi connectivity index (χ3n) is 7.13. The third-order valence-corrected chi connectivity index (χ3v) is 7.13. The first-order valence-electron chi connectivity index (χ1n) is 10.0. The van der Waals surface area contributed by atoms with Gasteiger partial charge in [0.1, 0.15) is 0 Å². The predicted molar refractivity (Wildman–Crippen MR) is 96.0 cm³/mol. The number of benzene rings is 1. The molecule has 1 aromatic carbocycles. The summed E-state index contributed by atoms with van der Waals surface area (Å²) in [7, 11) is 0. The van der Waals surface area contributed by atoms with Crippen molar-refractivity contribution >= 4 is 0 Å². The highest BCUT2D eigenvalue weighted by Gasteiger charge is 2.32. The highest BCUT2D eigenvalue weighted by molar-refractivity contribution is 5.22. The Balaban J connectivity index is 1.52. The summed E-state index contributed by atoms with van der Waals surface area (Å²) in [4.78, 5) is 0. The molecule has 0 bridgehead atoms. The zero-order valence-electron chi connectivity index (χ0n) is 15.2. The van der Waals surface area contributed by atoms with Crippen LogP contribution in [0.1, 0.15) is 83.1 Å². The van der Waals surface area contributed by atoms with E-state index in [2.05, 4.69) is 13.8 Å². The molecule has 3 rings (SSSR count). The van der Waals surface area contributed by atoms with Gasteiger partial charge in [-0.25, -0.2) is 8.78 Å². The van der Waals surface area contributed by atoms with E-state index in [9.17, 15) is 8.78 Å². The largest absolute Gasteiger partial charge is 0.204 e. The van der Waals surface area contributed by atoms with Crippen molar-refractivity contribution in [1.82, 2.24) is 0 Å². The first-order chi connectivity index (χ1) is 11.6. The molecule has 0 N–H and O–H groups in total. The lowest BCUT2D eigenvalue weighted by atomic mass is 9.67. The minimum atomic E-state index is -0.739. The van der Waals surface area contributed by atoms with Crippen molar-refractivity contribution in [3.05, 3.63) is 35.4 Å². The summed E-state index contributed by atoms with van der Waals surface area (Å²) >= 11 is 0. The molecule has 0 nitrogen and oxygen atoms in total. The fourth-order valence-corrected chi connectivity index (χ4v) is 5.25. The van der Waals surface area contributed by atoms with E-state index in [0.717, 1.165) is 23.3 Å². The van der Waals surface area contributed by atoms with E-state index in [1.165, 1.54) is 69.9 Å². The van der Waals surface area contributed by atoms with Crippen molar-refractivity contribution in [2.24, 2.45) is 23.7 Å². The molecule has 0 amide bonds. The van der Waals surface area contributed by atoms with Gasteiger partial charge in [0.05, 0.1) is 0 Å². The van der Waals surface area contributed by atoms with Crippen LogP contribution in [0.2, 0.25) is 0 Å². The molecule has 2 aliphatic carbocycles. The smallest absolute Gasteiger partial charge is 0.159 e. The van der Waals surface area contributed by atoms with E-state index in [-0.39, 0.29) is 0 Å². The quantitative estimate of drug-likeness (QED) is 0.551. The van der Waals surface area contributed by atoms with E-state index in [0.29, 0.717) is 11.8 Å². The van der Waals surface area contributed by atoms with Crippen LogP contribution < -0.4 is 0 Å². The normalized spacial score (nSPS) is 32.5. The van der Waals surface area contributed by atoms with E-state index < -0.39 is 11.6 Å². The molecule has 2 saturated carbocycles. The van der Waals surface area contributed by atoms with Crippen LogP contribution in [-0.4, -0.2) is 0 Å². The summed E-state index contributed by atoms with van der Waals surface area (Å²) in [5, 5.41) is 0. The van der Waals surface area contributed by atoms with E-state index >= 15 is 0 Å². The van der Waals surface area contributed by atoms with Gasteiger partial charge in [0.2, 0.25) is 0 Å². The topological polar surface area (TPSA) is 0 Å². The Labute approximate surface area is 146 Å². The first-order valence-corrected chi connectivity index (χ1v) is 10.0. The van der Waals surface area contributed by atoms with Crippen LogP contribution in [0.3, 0.4) is 0 Å². The van der Waals surface area contributed by atoms with Crippen LogP contribution in [0.4, 0.5) is 8.78 Å². The average Bonchev–Trinajstić information content (AvgIpc) is 2.63. The highest BCUT2D eigenvalue weighted by Crippen LogP contribution is 2.44. The van der Waals surface area contributed by atoms with Crippen LogP contribution in [-0.2, 0) is 0 Å². The molecule has 1 atom stereocenters. The van der Waals surface area contributed by atoms with E-state index in [1.807, 2.05) is 0 Å². The van der Waals surface area contributed by atoms with Gasteiger partial charge in [-0.1, -0.05) is 39.2 Å². The van der Waals surface area contributed by atoms with Gasteiger partial charge in [-0.15, -0.1) is 0 Å². The maximum absolute atomic E-state index is 13.5. The molecule has 0 aliphatic heterocycles. The molecule has 134 valence electrons. The Morgan fingerprint density at radius 3 is 2.00 bits per heavy atom. The fraction of sp³-hybridized carbons (Fsp3) is 0.727. The third kappa shape index (κ3) is 4.00. The number of rotatable bonds is 4. The number of halogens is 2. The van der Waals surface area contributed by atoms with Gasteiger partial charge in [0.25, 0.3) is 0 Å². The SMILES string of the molecule is CC[C@H]1CC[C@H](C2CCC(C(C)c3ccc(F)c(F)c3)CC2)CC1. The van der Waals surface area contributed by atoms with Gasteiger partial charge in [-0.05, 0) is 85.8 Å². The number of hydrogen-bond donors (Lipinski definition) is 0. The molecule has 0 radical (unpaired) electrons. The Morgan fingerprint density at radius 1 is 0.875 bits per heavy atom. The minimum Gasteiger partial charge on any atom is -0.204 e. The van der Waals surface area contributed by atoms with Gasteiger partial charge in [-0.3, -0.25) is 0 Å². The summed E-state index contributed by atoms with van der Waals surface area (Å²) in [5.74, 6) is 2.35. The van der Waals surface area contributed by atoms with Gasteiger partial charge >= 0.3 is 0 Å². The maximum atomic E-state index is 13.5.